The van der Waals surface area contributed by atoms with Gasteiger partial charge in [0.2, 0.25) is 0 Å². The Hall–Kier alpha value is -0.440. The van der Waals surface area contributed by atoms with Crippen LogP contribution in [-0.4, -0.2) is 131 Å². The summed E-state index contributed by atoms with van der Waals surface area (Å²) in [6, 6.07) is 0. The Bertz CT molecular complexity index is 1100. The normalized spacial score (nSPS) is 56.1. The maximum Gasteiger partial charge on any atom is 0.190 e. The molecular weight excluding hydrogens is 416 g/mol. The van der Waals surface area contributed by atoms with Crippen molar-refractivity contribution in [2.75, 3.05) is 69.5 Å². The lowest BCUT2D eigenvalue weighted by Gasteiger charge is -2.48. The fourth-order valence-electron chi connectivity index (χ4n) is 3.34. The Kier molecular flexibility index (Phi) is 3.71. The van der Waals surface area contributed by atoms with Gasteiger partial charge in [-0.1, -0.05) is 0 Å². The van der Waals surface area contributed by atoms with Gasteiger partial charge in [-0.05, 0) is 0 Å². The van der Waals surface area contributed by atoms with Gasteiger partial charge in [-0.15, -0.1) is 0 Å². The van der Waals surface area contributed by atoms with E-state index in [0.29, 0.717) is 0 Å². The van der Waals surface area contributed by atoms with E-state index < -0.39 is 131 Å². The maximum absolute atomic E-state index is 7.70. The zero-order chi connectivity index (χ0) is 43.0. The lowest BCUT2D eigenvalue weighted by Crippen LogP contribution is -2.65. The minimum Gasteiger partial charge on any atom is -0.382 e. The largest absolute Gasteiger partial charge is 0.382 e. The highest BCUT2D eigenvalue weighted by Crippen LogP contribution is 2.33. The Balaban J connectivity index is 2.88. The van der Waals surface area contributed by atoms with E-state index in [4.69, 9.17) is 85.0 Å². The molecule has 0 amide bonds. The molecule has 2 fully saturated rings. The van der Waals surface area contributed by atoms with E-state index >= 15 is 0 Å². The van der Waals surface area contributed by atoms with Crippen LogP contribution in [0.4, 0.5) is 0 Å². The van der Waals surface area contributed by atoms with Gasteiger partial charge in [0.15, 0.2) is 12.6 Å². The zero-order valence-corrected chi connectivity index (χ0v) is 15.7. The van der Waals surface area contributed by atoms with E-state index in [1.807, 2.05) is 0 Å². The van der Waals surface area contributed by atoms with Crippen molar-refractivity contribution in [2.45, 2.75) is 61.4 Å². The molecule has 2 aliphatic rings. The number of hydrogen-bond acceptors (Lipinski definition) is 11. The summed E-state index contributed by atoms with van der Waals surface area (Å²) in [5.74, 6) is 0. The molecule has 2 aliphatic heterocycles. The first kappa shape index (κ1) is 8.65. The van der Waals surface area contributed by atoms with E-state index in [9.17, 15) is 0 Å². The molecule has 0 radical (unpaired) electrons. The van der Waals surface area contributed by atoms with E-state index in [1.54, 1.807) is 0 Å². The maximum atomic E-state index is 7.70. The molecule has 0 aliphatic carbocycles. The Morgan fingerprint density at radius 2 is 0.903 bits per heavy atom. The minimum absolute atomic E-state index is 1.20. The molecule has 0 N–H and O–H groups in total. The predicted octanol–water partition coefficient (Wildman–Crippen LogP) is -0.164. The first-order chi connectivity index (χ1) is 24.2. The predicted molar refractivity (Wildman–Crippen MR) is 107 cm³/mol. The summed E-state index contributed by atoms with van der Waals surface area (Å²) < 4.78 is 239. The Labute approximate surface area is 218 Å². The van der Waals surface area contributed by atoms with Crippen molar-refractivity contribution < 1.29 is 85.0 Å². The van der Waals surface area contributed by atoms with Gasteiger partial charge >= 0.3 is 0 Å². The average molecular weight is 479 g/mol. The highest BCUT2D eigenvalue weighted by molar-refractivity contribution is 4.95. The highest BCUT2D eigenvalue weighted by atomic mass is 16.8. The topological polar surface area (TPSA) is 102 Å². The fourth-order valence-corrected chi connectivity index (χ4v) is 3.34. The Morgan fingerprint density at radius 3 is 1.29 bits per heavy atom. The van der Waals surface area contributed by atoms with Crippen molar-refractivity contribution in [1.29, 1.82) is 0 Å². The molecule has 2 heterocycles. The summed E-state index contributed by atoms with van der Waals surface area (Å²) >= 11 is 0. The van der Waals surface area contributed by atoms with Crippen LogP contribution < -0.4 is 0 Å². The first-order valence-electron chi connectivity index (χ1n) is 20.5. The third kappa shape index (κ3) is 5.92. The van der Waals surface area contributed by atoms with Crippen LogP contribution in [0.2, 0.25) is 0 Å². The van der Waals surface area contributed by atoms with Crippen molar-refractivity contribution in [3.05, 3.63) is 0 Å². The third-order valence-electron chi connectivity index (χ3n) is 4.76. The van der Waals surface area contributed by atoms with Crippen molar-refractivity contribution >= 4 is 0 Å². The monoisotopic (exact) mass is 478 g/mol. The van der Waals surface area contributed by atoms with Crippen molar-refractivity contribution in [3.8, 4) is 0 Å². The van der Waals surface area contributed by atoms with Crippen molar-refractivity contribution in [1.82, 2.24) is 0 Å². The van der Waals surface area contributed by atoms with Crippen LogP contribution in [0.25, 0.3) is 0 Å². The minimum atomic E-state index is -3.57. The smallest absolute Gasteiger partial charge is 0.190 e. The highest BCUT2D eigenvalue weighted by Gasteiger charge is 2.52. The van der Waals surface area contributed by atoms with Gasteiger partial charge < -0.3 is 52.1 Å². The van der Waals surface area contributed by atoms with E-state index in [1.165, 1.54) is 0 Å². The van der Waals surface area contributed by atoms with Crippen molar-refractivity contribution in [2.24, 2.45) is 0 Å². The second kappa shape index (κ2) is 13.3. The molecule has 2 saturated heterocycles. The molecule has 1 unspecified atom stereocenters. The van der Waals surface area contributed by atoms with E-state index in [0.717, 1.165) is 0 Å². The van der Waals surface area contributed by atoms with Gasteiger partial charge in [-0.25, -0.2) is 0 Å². The van der Waals surface area contributed by atoms with Crippen LogP contribution in [0.3, 0.4) is 0 Å². The fraction of sp³-hybridized carbons (Fsp3) is 1.00. The molecule has 0 aromatic carbocycles. The van der Waals surface area contributed by atoms with Gasteiger partial charge in [0.05, 0.1) is 46.1 Å². The number of ether oxygens (including phenoxy) is 11. The third-order valence-corrected chi connectivity index (χ3v) is 4.76. The molecule has 2 rings (SSSR count). The van der Waals surface area contributed by atoms with Gasteiger partial charge in [-0.3, -0.25) is 0 Å². The van der Waals surface area contributed by atoms with Gasteiger partial charge in [0, 0.05) is 56.3 Å². The van der Waals surface area contributed by atoms with Crippen LogP contribution in [0, 0.1) is 0 Å². The number of methoxy groups -OCH3 is 8. The zero-order valence-electron chi connectivity index (χ0n) is 39.7. The van der Waals surface area contributed by atoms with Crippen LogP contribution >= 0.6 is 0 Å². The van der Waals surface area contributed by atoms with Gasteiger partial charge in [0.25, 0.3) is 0 Å². The summed E-state index contributed by atoms with van der Waals surface area (Å²) in [4.78, 5) is 0. The molecule has 11 heteroatoms. The second-order valence-corrected chi connectivity index (χ2v) is 6.34. The summed E-state index contributed by atoms with van der Waals surface area (Å²) in [6.07, 6.45) is -23.7. The molecule has 0 bridgehead atoms. The van der Waals surface area contributed by atoms with E-state index in [2.05, 4.69) is 0 Å². The molecule has 0 saturated carbocycles. The molecule has 0 aromatic heterocycles. The average Bonchev–Trinajstić information content (AvgIpc) is 2.88. The van der Waals surface area contributed by atoms with Crippen molar-refractivity contribution in [3.63, 3.8) is 0 Å². The molecule has 184 valence electrons. The number of hydrogen-bond donors (Lipinski definition) is 0. The lowest BCUT2D eigenvalue weighted by molar-refractivity contribution is -0.384. The van der Waals surface area contributed by atoms with Gasteiger partial charge in [0.1, 0.15) is 48.8 Å². The molecule has 31 heavy (non-hydrogen) atoms. The standard InChI is InChI=1S/C20H38O11/c1-21-9-11-13(23-3)15(25-5)17(27-7)19(29-11)31-20-18(28-8)16(26-6)14(24-4)12(30-20)10-22-2/h11-20H,9-10H2,1-8H3/t11-,12-,13-,14-,15+,16+,17-,18-,19+,20?/m1/s1/i1D3,2D3,3D3,4D3,5D3,6D3,7D3,8D3. The summed E-state index contributed by atoms with van der Waals surface area (Å²) in [7, 11) is -27.6. The van der Waals surface area contributed by atoms with E-state index in [-0.39, 0.29) is 0 Å². The van der Waals surface area contributed by atoms with Crippen LogP contribution in [0.5, 0.6) is 0 Å². The second-order valence-electron chi connectivity index (χ2n) is 6.34. The SMILES string of the molecule is [2H]C([2H])([2H])OC[C@H]1O[C@@H](OC2O[C@H](COC([2H])([2H])[2H])[C@@H](OC([2H])([2H])[2H])[C@H](OC([2H])([2H])[2H])[C@H]2OC([2H])([2H])[2H])[C@H](OC([2H])([2H])[2H])[C@@H](OC([2H])([2H])[2H])[C@@H]1OC([2H])([2H])[2H]. The van der Waals surface area contributed by atoms with Crippen LogP contribution in [-0.2, 0) is 52.1 Å². The summed E-state index contributed by atoms with van der Waals surface area (Å²) in [6.45, 7) is -2.40. The quantitative estimate of drug-likeness (QED) is 0.374. The Morgan fingerprint density at radius 1 is 0.516 bits per heavy atom. The first-order valence-corrected chi connectivity index (χ1v) is 8.52. The summed E-state index contributed by atoms with van der Waals surface area (Å²) in [5.41, 5.74) is 0. The van der Waals surface area contributed by atoms with Crippen LogP contribution in [0.1, 0.15) is 32.9 Å². The molecule has 0 aromatic rings. The van der Waals surface area contributed by atoms with Crippen LogP contribution in [0.15, 0.2) is 0 Å². The summed E-state index contributed by atoms with van der Waals surface area (Å²) in [5, 5.41) is 0. The number of rotatable bonds is 12. The molecule has 10 atom stereocenters. The molecular formula is C20H38O11. The molecule has 0 spiro atoms. The van der Waals surface area contributed by atoms with Gasteiger partial charge in [-0.2, -0.15) is 0 Å². The lowest BCUT2D eigenvalue weighted by atomic mass is 9.97. The molecule has 11 nitrogen and oxygen atoms in total.